The Hall–Kier alpha value is -0.940. The van der Waals surface area contributed by atoms with Gasteiger partial charge in [0.1, 0.15) is 12.2 Å². The predicted molar refractivity (Wildman–Crippen MR) is 56.4 cm³/mol. The van der Waals surface area contributed by atoms with Crippen LogP contribution in [0.3, 0.4) is 0 Å². The highest BCUT2D eigenvalue weighted by atomic mass is 16.5. The zero-order valence-corrected chi connectivity index (χ0v) is 9.47. The molecule has 0 saturated heterocycles. The zero-order valence-electron chi connectivity index (χ0n) is 9.47. The number of hydrogen-bond acceptors (Lipinski definition) is 4. The standard InChI is InChI=1S/C10H18N4O/c1-7(10-13-11-6-14(10)2)12-8-4-9(5-8)15-3/h6-9,12H,4-5H2,1-3H3. The van der Waals surface area contributed by atoms with Crippen LogP contribution in [0.4, 0.5) is 0 Å². The van der Waals surface area contributed by atoms with Crippen LogP contribution in [0.2, 0.25) is 0 Å². The number of aryl methyl sites for hydroxylation is 1. The molecule has 1 aromatic rings. The van der Waals surface area contributed by atoms with Gasteiger partial charge in [-0.3, -0.25) is 0 Å². The third-order valence-electron chi connectivity index (χ3n) is 3.05. The van der Waals surface area contributed by atoms with Gasteiger partial charge < -0.3 is 14.6 Å². The molecule has 5 heteroatoms. The molecular formula is C10H18N4O. The summed E-state index contributed by atoms with van der Waals surface area (Å²) in [6.45, 7) is 2.12. The minimum absolute atomic E-state index is 0.250. The van der Waals surface area contributed by atoms with Gasteiger partial charge in [0, 0.05) is 20.2 Å². The number of nitrogens with one attached hydrogen (secondary N) is 1. The fourth-order valence-corrected chi connectivity index (χ4v) is 2.01. The summed E-state index contributed by atoms with van der Waals surface area (Å²) >= 11 is 0. The average molecular weight is 210 g/mol. The van der Waals surface area contributed by atoms with Crippen LogP contribution >= 0.6 is 0 Å². The molecule has 1 saturated carbocycles. The van der Waals surface area contributed by atoms with Crippen molar-refractivity contribution in [2.75, 3.05) is 7.11 Å². The molecule has 2 rings (SSSR count). The second kappa shape index (κ2) is 4.28. The van der Waals surface area contributed by atoms with Crippen LogP contribution in [0.1, 0.15) is 31.6 Å². The molecule has 15 heavy (non-hydrogen) atoms. The van der Waals surface area contributed by atoms with Crippen LogP contribution in [-0.4, -0.2) is 34.0 Å². The van der Waals surface area contributed by atoms with Gasteiger partial charge in [-0.2, -0.15) is 0 Å². The van der Waals surface area contributed by atoms with Crippen molar-refractivity contribution in [1.29, 1.82) is 0 Å². The Morgan fingerprint density at radius 2 is 2.33 bits per heavy atom. The van der Waals surface area contributed by atoms with E-state index in [1.54, 1.807) is 13.4 Å². The Morgan fingerprint density at radius 1 is 1.60 bits per heavy atom. The summed E-state index contributed by atoms with van der Waals surface area (Å²) in [4.78, 5) is 0. The first kappa shape index (κ1) is 10.6. The van der Waals surface area contributed by atoms with Crippen LogP contribution in [-0.2, 0) is 11.8 Å². The Labute approximate surface area is 89.8 Å². The van der Waals surface area contributed by atoms with Crippen LogP contribution in [0.5, 0.6) is 0 Å². The molecule has 1 heterocycles. The van der Waals surface area contributed by atoms with Crippen molar-refractivity contribution >= 4 is 0 Å². The number of nitrogens with zero attached hydrogens (tertiary/aromatic N) is 3. The summed E-state index contributed by atoms with van der Waals surface area (Å²) in [7, 11) is 3.74. The van der Waals surface area contributed by atoms with Crippen molar-refractivity contribution in [2.24, 2.45) is 7.05 Å². The second-order valence-corrected chi connectivity index (χ2v) is 4.21. The van der Waals surface area contributed by atoms with E-state index in [2.05, 4.69) is 22.4 Å². The molecule has 0 spiro atoms. The van der Waals surface area contributed by atoms with Gasteiger partial charge in [-0.1, -0.05) is 0 Å². The number of rotatable bonds is 4. The summed E-state index contributed by atoms with van der Waals surface area (Å²) < 4.78 is 7.19. The van der Waals surface area contributed by atoms with E-state index in [0.717, 1.165) is 18.7 Å². The first-order valence-electron chi connectivity index (χ1n) is 5.33. The molecular weight excluding hydrogens is 192 g/mol. The average Bonchev–Trinajstić information content (AvgIpc) is 2.56. The quantitative estimate of drug-likeness (QED) is 0.792. The molecule has 1 fully saturated rings. The minimum Gasteiger partial charge on any atom is -0.381 e. The van der Waals surface area contributed by atoms with E-state index in [9.17, 15) is 0 Å². The van der Waals surface area contributed by atoms with E-state index in [0.29, 0.717) is 12.1 Å². The monoisotopic (exact) mass is 210 g/mol. The van der Waals surface area contributed by atoms with E-state index in [1.165, 1.54) is 0 Å². The van der Waals surface area contributed by atoms with E-state index in [1.807, 2.05) is 11.6 Å². The molecule has 0 radical (unpaired) electrons. The van der Waals surface area contributed by atoms with Gasteiger partial charge in [-0.25, -0.2) is 0 Å². The number of aromatic nitrogens is 3. The second-order valence-electron chi connectivity index (χ2n) is 4.21. The first-order valence-corrected chi connectivity index (χ1v) is 5.33. The molecule has 1 aliphatic carbocycles. The molecule has 84 valence electrons. The minimum atomic E-state index is 0.250. The fraction of sp³-hybridized carbons (Fsp3) is 0.800. The van der Waals surface area contributed by atoms with Gasteiger partial charge in [0.05, 0.1) is 12.1 Å². The summed E-state index contributed by atoms with van der Waals surface area (Å²) in [5, 5.41) is 11.5. The fourth-order valence-electron chi connectivity index (χ4n) is 2.01. The van der Waals surface area contributed by atoms with Crippen LogP contribution < -0.4 is 5.32 Å². The largest absolute Gasteiger partial charge is 0.381 e. The zero-order chi connectivity index (χ0) is 10.8. The number of methoxy groups -OCH3 is 1. The van der Waals surface area contributed by atoms with Crippen LogP contribution in [0.25, 0.3) is 0 Å². The third-order valence-corrected chi connectivity index (χ3v) is 3.05. The molecule has 0 amide bonds. The lowest BCUT2D eigenvalue weighted by Gasteiger charge is -2.36. The highest BCUT2D eigenvalue weighted by molar-refractivity contribution is 4.96. The van der Waals surface area contributed by atoms with Crippen molar-refractivity contribution in [1.82, 2.24) is 20.1 Å². The summed E-state index contributed by atoms with van der Waals surface area (Å²) in [5.74, 6) is 0.982. The van der Waals surface area contributed by atoms with E-state index in [-0.39, 0.29) is 6.04 Å². The molecule has 1 N–H and O–H groups in total. The molecule has 0 aliphatic heterocycles. The van der Waals surface area contributed by atoms with Gasteiger partial charge in [0.25, 0.3) is 0 Å². The molecule has 0 bridgehead atoms. The van der Waals surface area contributed by atoms with Crippen molar-refractivity contribution in [3.8, 4) is 0 Å². The molecule has 1 atom stereocenters. The van der Waals surface area contributed by atoms with Gasteiger partial charge in [-0.05, 0) is 19.8 Å². The van der Waals surface area contributed by atoms with Crippen molar-refractivity contribution in [3.05, 3.63) is 12.2 Å². The maximum Gasteiger partial charge on any atom is 0.149 e. The SMILES string of the molecule is COC1CC(NC(C)c2nncn2C)C1. The smallest absolute Gasteiger partial charge is 0.149 e. The van der Waals surface area contributed by atoms with Gasteiger partial charge in [0.2, 0.25) is 0 Å². The highest BCUT2D eigenvalue weighted by Gasteiger charge is 2.30. The van der Waals surface area contributed by atoms with Crippen molar-refractivity contribution in [2.45, 2.75) is 38.0 Å². The van der Waals surface area contributed by atoms with E-state index >= 15 is 0 Å². The summed E-state index contributed by atoms with van der Waals surface area (Å²) in [6.07, 6.45) is 4.36. The Morgan fingerprint density at radius 3 is 2.87 bits per heavy atom. The Bertz CT molecular complexity index is 319. The van der Waals surface area contributed by atoms with Crippen molar-refractivity contribution < 1.29 is 4.74 Å². The highest BCUT2D eigenvalue weighted by Crippen LogP contribution is 2.24. The van der Waals surface area contributed by atoms with E-state index in [4.69, 9.17) is 4.74 Å². The lowest BCUT2D eigenvalue weighted by atomic mass is 9.88. The Kier molecular flexibility index (Phi) is 3.02. The predicted octanol–water partition coefficient (Wildman–Crippen LogP) is 0.643. The summed E-state index contributed by atoms with van der Waals surface area (Å²) in [6, 6.07) is 0.807. The first-order chi connectivity index (χ1) is 7.20. The topological polar surface area (TPSA) is 52.0 Å². The normalized spacial score (nSPS) is 27.4. The lowest BCUT2D eigenvalue weighted by Crippen LogP contribution is -2.46. The molecule has 5 nitrogen and oxygen atoms in total. The van der Waals surface area contributed by atoms with Crippen LogP contribution in [0.15, 0.2) is 6.33 Å². The maximum absolute atomic E-state index is 5.24. The molecule has 1 aromatic heterocycles. The number of hydrogen-bond donors (Lipinski definition) is 1. The van der Waals surface area contributed by atoms with Crippen molar-refractivity contribution in [3.63, 3.8) is 0 Å². The van der Waals surface area contributed by atoms with E-state index < -0.39 is 0 Å². The molecule has 1 aliphatic rings. The van der Waals surface area contributed by atoms with Gasteiger partial charge in [-0.15, -0.1) is 10.2 Å². The number of ether oxygens (including phenoxy) is 1. The van der Waals surface area contributed by atoms with Gasteiger partial charge in [0.15, 0.2) is 0 Å². The lowest BCUT2D eigenvalue weighted by molar-refractivity contribution is 0.0143. The Balaban J connectivity index is 1.84. The molecule has 1 unspecified atom stereocenters. The van der Waals surface area contributed by atoms with Crippen LogP contribution in [0, 0.1) is 0 Å². The maximum atomic E-state index is 5.24. The summed E-state index contributed by atoms with van der Waals surface area (Å²) in [5.41, 5.74) is 0. The molecule has 0 aromatic carbocycles. The third kappa shape index (κ3) is 2.18. The van der Waals surface area contributed by atoms with Gasteiger partial charge >= 0.3 is 0 Å².